The molecule has 0 aromatic carbocycles. The second-order valence-corrected chi connectivity index (χ2v) is 5.95. The predicted octanol–water partition coefficient (Wildman–Crippen LogP) is 0.875. The Labute approximate surface area is 132 Å². The minimum atomic E-state index is -0.280. The van der Waals surface area contributed by atoms with Crippen molar-refractivity contribution in [3.8, 4) is 0 Å². The van der Waals surface area contributed by atoms with Gasteiger partial charge >= 0.3 is 0 Å². The monoisotopic (exact) mass is 321 g/mol. The van der Waals surface area contributed by atoms with Crippen molar-refractivity contribution in [3.05, 3.63) is 34.8 Å². The van der Waals surface area contributed by atoms with Crippen LogP contribution in [-0.4, -0.2) is 53.7 Å². The van der Waals surface area contributed by atoms with Gasteiger partial charge in [0.25, 0.3) is 5.91 Å². The fraction of sp³-hybridized carbons (Fsp3) is 0.357. The molecule has 2 amide bonds. The smallest absolute Gasteiger partial charge is 0.261 e. The number of nitrogens with zero attached hydrogens (tertiary/aromatic N) is 3. The van der Waals surface area contributed by atoms with Crippen LogP contribution in [0.2, 0.25) is 0 Å². The van der Waals surface area contributed by atoms with Gasteiger partial charge in [0.2, 0.25) is 5.91 Å². The zero-order valence-corrected chi connectivity index (χ0v) is 13.4. The van der Waals surface area contributed by atoms with E-state index in [4.69, 9.17) is 0 Å². The van der Waals surface area contributed by atoms with Gasteiger partial charge in [0.15, 0.2) is 0 Å². The first kappa shape index (κ1) is 16.2. The number of thiophene rings is 1. The van der Waals surface area contributed by atoms with Crippen LogP contribution >= 0.6 is 11.3 Å². The Kier molecular flexibility index (Phi) is 5.68. The first-order chi connectivity index (χ1) is 10.5. The molecule has 0 spiro atoms. The van der Waals surface area contributed by atoms with Crippen molar-refractivity contribution in [2.45, 2.75) is 6.54 Å². The highest BCUT2D eigenvalue weighted by molar-refractivity contribution is 7.12. The summed E-state index contributed by atoms with van der Waals surface area (Å²) in [4.78, 5) is 26.2. The van der Waals surface area contributed by atoms with Crippen LogP contribution in [0.15, 0.2) is 29.9 Å². The number of nitrogens with one attached hydrogen (secondary N) is 2. The number of hydrogen-bond acceptors (Lipinski definition) is 5. The number of anilines is 1. The molecular formula is C14H19N5O2S. The van der Waals surface area contributed by atoms with Gasteiger partial charge in [0, 0.05) is 12.7 Å². The molecule has 0 aliphatic carbocycles. The molecule has 0 saturated carbocycles. The molecule has 2 rings (SSSR count). The summed E-state index contributed by atoms with van der Waals surface area (Å²) in [5.41, 5.74) is 0.620. The van der Waals surface area contributed by atoms with Crippen LogP contribution in [0.1, 0.15) is 9.67 Å². The van der Waals surface area contributed by atoms with Crippen LogP contribution < -0.4 is 10.6 Å². The topological polar surface area (TPSA) is 79.3 Å². The lowest BCUT2D eigenvalue weighted by Crippen LogP contribution is -2.32. The molecule has 0 unspecified atom stereocenters. The Bertz CT molecular complexity index is 621. The Balaban J connectivity index is 1.76. The number of aromatic nitrogens is 2. The Hall–Kier alpha value is -2.19. The Morgan fingerprint density at radius 3 is 2.91 bits per heavy atom. The molecule has 0 aliphatic rings. The zero-order chi connectivity index (χ0) is 15.9. The number of carbonyl (C=O) groups excluding carboxylic acids is 2. The summed E-state index contributed by atoms with van der Waals surface area (Å²) in [7, 11) is 3.98. The Morgan fingerprint density at radius 1 is 1.41 bits per heavy atom. The maximum atomic E-state index is 11.8. The van der Waals surface area contributed by atoms with E-state index in [2.05, 4.69) is 20.6 Å². The van der Waals surface area contributed by atoms with Crippen LogP contribution in [0.3, 0.4) is 0 Å². The first-order valence-corrected chi connectivity index (χ1v) is 7.71. The number of likely N-dealkylation sites (N-methyl/N-ethyl adjacent to an activating group) is 1. The molecule has 22 heavy (non-hydrogen) atoms. The number of rotatable bonds is 7. The fourth-order valence-corrected chi connectivity index (χ4v) is 2.35. The number of hydrogen-bond donors (Lipinski definition) is 2. The molecule has 0 atom stereocenters. The van der Waals surface area contributed by atoms with Crippen LogP contribution in [0, 0.1) is 0 Å². The number of carbonyl (C=O) groups is 2. The quantitative estimate of drug-likeness (QED) is 0.793. The van der Waals surface area contributed by atoms with E-state index in [0.29, 0.717) is 10.6 Å². The molecule has 0 fully saturated rings. The average molecular weight is 321 g/mol. The molecule has 2 aromatic rings. The third-order valence-corrected chi connectivity index (χ3v) is 3.72. The first-order valence-electron chi connectivity index (χ1n) is 6.83. The summed E-state index contributed by atoms with van der Waals surface area (Å²) in [5.74, 6) is -0.524. The van der Waals surface area contributed by atoms with Gasteiger partial charge in [-0.25, -0.2) is 0 Å². The summed E-state index contributed by atoms with van der Waals surface area (Å²) < 4.78 is 1.76. The maximum absolute atomic E-state index is 11.8. The van der Waals surface area contributed by atoms with Crippen molar-refractivity contribution < 1.29 is 9.59 Å². The highest BCUT2D eigenvalue weighted by atomic mass is 32.1. The molecule has 0 aliphatic heterocycles. The van der Waals surface area contributed by atoms with E-state index in [1.807, 2.05) is 19.5 Å². The molecule has 8 heteroatoms. The van der Waals surface area contributed by atoms with Crippen LogP contribution in [-0.2, 0) is 11.3 Å². The summed E-state index contributed by atoms with van der Waals surface area (Å²) in [6.45, 7) is 1.55. The normalized spacial score (nSPS) is 10.7. The van der Waals surface area contributed by atoms with Gasteiger partial charge in [0.05, 0.1) is 29.9 Å². The summed E-state index contributed by atoms with van der Waals surface area (Å²) >= 11 is 1.34. The molecule has 0 saturated heterocycles. The minimum absolute atomic E-state index is 0.0698. The SMILES string of the molecule is CN(C)CCn1cc(NC(=O)CNC(=O)c2cccs2)cn1. The van der Waals surface area contributed by atoms with Crippen LogP contribution in [0.4, 0.5) is 5.69 Å². The predicted molar refractivity (Wildman–Crippen MR) is 86.1 cm³/mol. The van der Waals surface area contributed by atoms with E-state index >= 15 is 0 Å². The molecule has 0 radical (unpaired) electrons. The van der Waals surface area contributed by atoms with E-state index in [1.165, 1.54) is 11.3 Å². The van der Waals surface area contributed by atoms with Gasteiger partial charge in [-0.1, -0.05) is 6.07 Å². The highest BCUT2D eigenvalue weighted by Gasteiger charge is 2.09. The van der Waals surface area contributed by atoms with Gasteiger partial charge in [-0.2, -0.15) is 5.10 Å². The summed E-state index contributed by atoms with van der Waals surface area (Å²) in [5, 5.41) is 11.3. The molecule has 118 valence electrons. The Morgan fingerprint density at radius 2 is 2.23 bits per heavy atom. The largest absolute Gasteiger partial charge is 0.342 e. The van der Waals surface area contributed by atoms with E-state index < -0.39 is 0 Å². The molecular weight excluding hydrogens is 302 g/mol. The van der Waals surface area contributed by atoms with Gasteiger partial charge in [-0.3, -0.25) is 14.3 Å². The molecule has 2 heterocycles. The highest BCUT2D eigenvalue weighted by Crippen LogP contribution is 2.08. The van der Waals surface area contributed by atoms with Crippen molar-refractivity contribution in [3.63, 3.8) is 0 Å². The molecule has 0 bridgehead atoms. The maximum Gasteiger partial charge on any atom is 0.261 e. The summed E-state index contributed by atoms with van der Waals surface area (Å²) in [6, 6.07) is 3.51. The van der Waals surface area contributed by atoms with Gasteiger partial charge in [0.1, 0.15) is 0 Å². The second-order valence-electron chi connectivity index (χ2n) is 5.00. The molecule has 2 aromatic heterocycles. The minimum Gasteiger partial charge on any atom is -0.342 e. The lowest BCUT2D eigenvalue weighted by Gasteiger charge is -2.08. The van der Waals surface area contributed by atoms with Crippen molar-refractivity contribution in [2.75, 3.05) is 32.5 Å². The van der Waals surface area contributed by atoms with E-state index in [9.17, 15) is 9.59 Å². The summed E-state index contributed by atoms with van der Waals surface area (Å²) in [6.07, 6.45) is 3.36. The third-order valence-electron chi connectivity index (χ3n) is 2.85. The lowest BCUT2D eigenvalue weighted by molar-refractivity contribution is -0.115. The van der Waals surface area contributed by atoms with Crippen LogP contribution in [0.5, 0.6) is 0 Å². The van der Waals surface area contributed by atoms with Gasteiger partial charge in [-0.05, 0) is 25.5 Å². The van der Waals surface area contributed by atoms with E-state index in [-0.39, 0.29) is 18.4 Å². The van der Waals surface area contributed by atoms with Crippen molar-refractivity contribution >= 4 is 28.8 Å². The third kappa shape index (κ3) is 4.97. The van der Waals surface area contributed by atoms with Gasteiger partial charge in [-0.15, -0.1) is 11.3 Å². The standard InChI is InChI=1S/C14H19N5O2S/c1-18(2)5-6-19-10-11(8-16-19)17-13(20)9-15-14(21)12-4-3-7-22-12/h3-4,7-8,10H,5-6,9H2,1-2H3,(H,15,21)(H,17,20). The second kappa shape index (κ2) is 7.71. The number of amides is 2. The van der Waals surface area contributed by atoms with Crippen molar-refractivity contribution in [1.29, 1.82) is 0 Å². The molecule has 2 N–H and O–H groups in total. The van der Waals surface area contributed by atoms with Gasteiger partial charge < -0.3 is 15.5 Å². The van der Waals surface area contributed by atoms with E-state index in [1.54, 1.807) is 29.2 Å². The van der Waals surface area contributed by atoms with Crippen LogP contribution in [0.25, 0.3) is 0 Å². The zero-order valence-electron chi connectivity index (χ0n) is 12.6. The van der Waals surface area contributed by atoms with Crippen molar-refractivity contribution in [2.24, 2.45) is 0 Å². The van der Waals surface area contributed by atoms with E-state index in [0.717, 1.165) is 13.1 Å². The lowest BCUT2D eigenvalue weighted by atomic mass is 10.4. The fourth-order valence-electron chi connectivity index (χ4n) is 1.71. The average Bonchev–Trinajstić information content (AvgIpc) is 3.14. The molecule has 7 nitrogen and oxygen atoms in total. The van der Waals surface area contributed by atoms with Crippen molar-refractivity contribution in [1.82, 2.24) is 20.0 Å².